The number of primary amides is 1. The normalized spacial score (nSPS) is 11.0. The summed E-state index contributed by atoms with van der Waals surface area (Å²) in [5, 5.41) is 6.51. The van der Waals surface area contributed by atoms with Crippen LogP contribution in [-0.4, -0.2) is 44.7 Å². The molecule has 156 valence electrons. The summed E-state index contributed by atoms with van der Waals surface area (Å²) < 4.78 is 11.0. The number of nitrogens with one attached hydrogen (secondary N) is 2. The van der Waals surface area contributed by atoms with Gasteiger partial charge in [0.2, 0.25) is 0 Å². The fraction of sp³-hybridized carbons (Fsp3) is 0.364. The van der Waals surface area contributed by atoms with Crippen molar-refractivity contribution in [1.29, 1.82) is 0 Å². The molecule has 7 heteroatoms. The molecule has 0 saturated carbocycles. The zero-order valence-corrected chi connectivity index (χ0v) is 17.1. The molecule has 0 atom stereocenters. The molecule has 0 fully saturated rings. The van der Waals surface area contributed by atoms with E-state index >= 15 is 0 Å². The Labute approximate surface area is 172 Å². The van der Waals surface area contributed by atoms with Crippen molar-refractivity contribution in [1.82, 2.24) is 10.6 Å². The Bertz CT molecular complexity index is 774. The number of aryl methyl sites for hydroxylation is 1. The topological polar surface area (TPSA) is 98.0 Å². The fourth-order valence-corrected chi connectivity index (χ4v) is 2.52. The minimum atomic E-state index is -0.490. The minimum Gasteiger partial charge on any atom is -0.492 e. The lowest BCUT2D eigenvalue weighted by molar-refractivity contribution is -0.119. The average Bonchev–Trinajstić information content (AvgIpc) is 2.72. The third kappa shape index (κ3) is 9.01. The van der Waals surface area contributed by atoms with Crippen molar-refractivity contribution >= 4 is 11.9 Å². The van der Waals surface area contributed by atoms with Gasteiger partial charge in [-0.25, -0.2) is 0 Å². The Morgan fingerprint density at radius 2 is 1.66 bits per heavy atom. The second-order valence-corrected chi connectivity index (χ2v) is 6.50. The van der Waals surface area contributed by atoms with Gasteiger partial charge in [0.1, 0.15) is 18.1 Å². The van der Waals surface area contributed by atoms with Gasteiger partial charge in [-0.15, -0.1) is 0 Å². The second kappa shape index (κ2) is 12.3. The number of hydrogen-bond acceptors (Lipinski definition) is 4. The lowest BCUT2D eigenvalue weighted by Gasteiger charge is -2.12. The number of carbonyl (C=O) groups excluding carboxylic acids is 1. The number of ether oxygens (including phenoxy) is 2. The van der Waals surface area contributed by atoms with E-state index in [0.717, 1.165) is 30.2 Å². The van der Waals surface area contributed by atoms with Crippen LogP contribution in [0.2, 0.25) is 0 Å². The highest BCUT2D eigenvalue weighted by Gasteiger charge is 2.00. The zero-order valence-electron chi connectivity index (χ0n) is 17.1. The monoisotopic (exact) mass is 398 g/mol. The Balaban J connectivity index is 1.73. The molecule has 1 amide bonds. The maximum atomic E-state index is 10.7. The van der Waals surface area contributed by atoms with Crippen LogP contribution in [0.15, 0.2) is 53.5 Å². The van der Waals surface area contributed by atoms with Crippen LogP contribution in [0.25, 0.3) is 0 Å². The van der Waals surface area contributed by atoms with Gasteiger partial charge in [0.25, 0.3) is 5.91 Å². The van der Waals surface area contributed by atoms with E-state index < -0.39 is 5.91 Å². The molecule has 0 unspecified atom stereocenters. The van der Waals surface area contributed by atoms with Crippen molar-refractivity contribution in [2.45, 2.75) is 20.3 Å². The van der Waals surface area contributed by atoms with Gasteiger partial charge in [-0.3, -0.25) is 9.79 Å². The number of benzene rings is 2. The third-order valence-corrected chi connectivity index (χ3v) is 4.00. The number of nitrogens with zero attached hydrogens (tertiary/aromatic N) is 1. The molecule has 0 aromatic heterocycles. The Morgan fingerprint density at radius 3 is 2.31 bits per heavy atom. The minimum absolute atomic E-state index is 0.116. The standard InChI is InChI=1S/C22H30N4O3/c1-3-24-22(26-14-15-28-19-8-4-17(2)5-9-19)25-13-12-18-6-10-20(11-7-18)29-16-21(23)27/h4-11H,3,12-16H2,1-2H3,(H2,23,27)(H2,24,25,26). The highest BCUT2D eigenvalue weighted by Crippen LogP contribution is 2.12. The van der Waals surface area contributed by atoms with Gasteiger partial charge in [0, 0.05) is 13.1 Å². The summed E-state index contributed by atoms with van der Waals surface area (Å²) in [4.78, 5) is 15.3. The molecule has 2 aromatic carbocycles. The summed E-state index contributed by atoms with van der Waals surface area (Å²) >= 11 is 0. The lowest BCUT2D eigenvalue weighted by atomic mass is 10.1. The SMILES string of the molecule is CCNC(=NCCc1ccc(OCC(N)=O)cc1)NCCOc1ccc(C)cc1. The average molecular weight is 399 g/mol. The number of amides is 1. The molecule has 0 aliphatic heterocycles. The first-order valence-corrected chi connectivity index (χ1v) is 9.78. The summed E-state index contributed by atoms with van der Waals surface area (Å²) in [5.41, 5.74) is 7.42. The number of rotatable bonds is 11. The molecule has 0 aliphatic rings. The van der Waals surface area contributed by atoms with Crippen molar-refractivity contribution in [3.8, 4) is 11.5 Å². The van der Waals surface area contributed by atoms with Gasteiger partial charge in [0.05, 0.1) is 6.54 Å². The summed E-state index contributed by atoms with van der Waals surface area (Å²) in [6, 6.07) is 15.6. The fourth-order valence-electron chi connectivity index (χ4n) is 2.52. The third-order valence-electron chi connectivity index (χ3n) is 4.00. The maximum Gasteiger partial charge on any atom is 0.255 e. The molecule has 0 heterocycles. The van der Waals surface area contributed by atoms with E-state index in [-0.39, 0.29) is 6.61 Å². The van der Waals surface area contributed by atoms with E-state index in [2.05, 4.69) is 22.5 Å². The molecule has 4 N–H and O–H groups in total. The first-order valence-electron chi connectivity index (χ1n) is 9.78. The van der Waals surface area contributed by atoms with Gasteiger partial charge >= 0.3 is 0 Å². The molecule has 0 saturated heterocycles. The first-order chi connectivity index (χ1) is 14.1. The Hall–Kier alpha value is -3.22. The van der Waals surface area contributed by atoms with Crippen molar-refractivity contribution < 1.29 is 14.3 Å². The molecular formula is C22H30N4O3. The van der Waals surface area contributed by atoms with Crippen LogP contribution in [0.1, 0.15) is 18.1 Å². The molecule has 2 aromatic rings. The summed E-state index contributed by atoms with van der Waals surface area (Å²) in [6.07, 6.45) is 0.798. The quantitative estimate of drug-likeness (QED) is 0.306. The second-order valence-electron chi connectivity index (χ2n) is 6.50. The molecule has 0 bridgehead atoms. The highest BCUT2D eigenvalue weighted by atomic mass is 16.5. The number of hydrogen-bond donors (Lipinski definition) is 3. The van der Waals surface area contributed by atoms with Crippen molar-refractivity contribution in [2.24, 2.45) is 10.7 Å². The van der Waals surface area contributed by atoms with Gasteiger partial charge in [-0.1, -0.05) is 29.8 Å². The largest absolute Gasteiger partial charge is 0.492 e. The van der Waals surface area contributed by atoms with Crippen molar-refractivity contribution in [2.75, 3.05) is 32.8 Å². The number of nitrogens with two attached hydrogens (primary N) is 1. The molecule has 0 aliphatic carbocycles. The van der Waals surface area contributed by atoms with Crippen LogP contribution in [0.4, 0.5) is 0 Å². The van der Waals surface area contributed by atoms with E-state index in [1.807, 2.05) is 55.5 Å². The van der Waals surface area contributed by atoms with E-state index in [1.54, 1.807) is 0 Å². The first kappa shape index (κ1) is 22.1. The van der Waals surface area contributed by atoms with Crippen LogP contribution >= 0.6 is 0 Å². The van der Waals surface area contributed by atoms with Crippen LogP contribution in [-0.2, 0) is 11.2 Å². The molecule has 2 rings (SSSR count). The predicted molar refractivity (Wildman–Crippen MR) is 115 cm³/mol. The predicted octanol–water partition coefficient (Wildman–Crippen LogP) is 2.04. The van der Waals surface area contributed by atoms with Crippen LogP contribution in [0, 0.1) is 6.92 Å². The van der Waals surface area contributed by atoms with Gasteiger partial charge in [-0.2, -0.15) is 0 Å². The molecule has 0 spiro atoms. The Morgan fingerprint density at radius 1 is 1.00 bits per heavy atom. The zero-order chi connectivity index (χ0) is 20.9. The molecule has 7 nitrogen and oxygen atoms in total. The van der Waals surface area contributed by atoms with E-state index in [9.17, 15) is 4.79 Å². The van der Waals surface area contributed by atoms with Crippen LogP contribution < -0.4 is 25.8 Å². The molecular weight excluding hydrogens is 368 g/mol. The summed E-state index contributed by atoms with van der Waals surface area (Å²) in [5.74, 6) is 1.76. The van der Waals surface area contributed by atoms with Crippen molar-refractivity contribution in [3.05, 3.63) is 59.7 Å². The highest BCUT2D eigenvalue weighted by molar-refractivity contribution is 5.79. The molecule has 29 heavy (non-hydrogen) atoms. The summed E-state index contributed by atoms with van der Waals surface area (Å²) in [7, 11) is 0. The van der Waals surface area contributed by atoms with E-state index in [0.29, 0.717) is 25.4 Å². The summed E-state index contributed by atoms with van der Waals surface area (Å²) in [6.45, 7) is 6.62. The number of aliphatic imine (C=N–C) groups is 1. The maximum absolute atomic E-state index is 10.7. The number of guanidine groups is 1. The van der Waals surface area contributed by atoms with E-state index in [4.69, 9.17) is 15.2 Å². The van der Waals surface area contributed by atoms with Gasteiger partial charge in [-0.05, 0) is 50.1 Å². The van der Waals surface area contributed by atoms with Gasteiger partial charge in [0.15, 0.2) is 12.6 Å². The van der Waals surface area contributed by atoms with E-state index in [1.165, 1.54) is 5.56 Å². The Kier molecular flexibility index (Phi) is 9.35. The number of carbonyl (C=O) groups is 1. The van der Waals surface area contributed by atoms with Crippen LogP contribution in [0.5, 0.6) is 11.5 Å². The smallest absolute Gasteiger partial charge is 0.255 e. The van der Waals surface area contributed by atoms with Crippen molar-refractivity contribution in [3.63, 3.8) is 0 Å². The van der Waals surface area contributed by atoms with Crippen LogP contribution in [0.3, 0.4) is 0 Å². The lowest BCUT2D eigenvalue weighted by Crippen LogP contribution is -2.39. The van der Waals surface area contributed by atoms with Gasteiger partial charge < -0.3 is 25.8 Å². The molecule has 0 radical (unpaired) electrons.